The van der Waals surface area contributed by atoms with Crippen LogP contribution >= 0.6 is 15.9 Å². The van der Waals surface area contributed by atoms with E-state index >= 15 is 0 Å². The predicted octanol–water partition coefficient (Wildman–Crippen LogP) is 3.76. The van der Waals surface area contributed by atoms with Crippen LogP contribution in [0.25, 0.3) is 17.5 Å². The van der Waals surface area contributed by atoms with Gasteiger partial charge in [0.2, 0.25) is 11.7 Å². The maximum Gasteiger partial charge on any atom is 0.250 e. The summed E-state index contributed by atoms with van der Waals surface area (Å²) >= 11 is 3.52. The van der Waals surface area contributed by atoms with Gasteiger partial charge in [0.1, 0.15) is 0 Å². The van der Waals surface area contributed by atoms with Crippen molar-refractivity contribution in [3.8, 4) is 11.4 Å². The summed E-state index contributed by atoms with van der Waals surface area (Å²) in [6.45, 7) is 7.66. The normalized spacial score (nSPS) is 10.4. The van der Waals surface area contributed by atoms with Crippen molar-refractivity contribution in [3.05, 3.63) is 40.2 Å². The second-order valence-corrected chi connectivity index (χ2v) is 4.38. The fraction of sp³-hybridized carbons (Fsp3) is 0.167. The molecule has 0 amide bonds. The van der Waals surface area contributed by atoms with E-state index in [0.29, 0.717) is 11.7 Å². The van der Waals surface area contributed by atoms with Crippen LogP contribution in [0.4, 0.5) is 0 Å². The molecule has 2 rings (SSSR count). The zero-order valence-electron chi connectivity index (χ0n) is 9.12. The standard InChI is InChI=1S/C12H11BrN2O/c1-4-10-14-12(15-16-10)9-5-7(2)11(13)8(3)6-9/h4-6H,1H2,2-3H3. The van der Waals surface area contributed by atoms with Gasteiger partial charge in [0, 0.05) is 10.0 Å². The van der Waals surface area contributed by atoms with Crippen molar-refractivity contribution in [2.45, 2.75) is 13.8 Å². The lowest BCUT2D eigenvalue weighted by Gasteiger charge is -2.04. The highest BCUT2D eigenvalue weighted by Gasteiger charge is 2.09. The van der Waals surface area contributed by atoms with Crippen LogP contribution < -0.4 is 0 Å². The molecule has 1 heterocycles. The van der Waals surface area contributed by atoms with Crippen molar-refractivity contribution in [2.24, 2.45) is 0 Å². The van der Waals surface area contributed by atoms with Crippen molar-refractivity contribution >= 4 is 22.0 Å². The molecule has 0 N–H and O–H groups in total. The summed E-state index contributed by atoms with van der Waals surface area (Å²) in [5, 5.41) is 3.90. The molecule has 1 aromatic carbocycles. The predicted molar refractivity (Wildman–Crippen MR) is 67.0 cm³/mol. The average Bonchev–Trinajstić information content (AvgIpc) is 2.73. The summed E-state index contributed by atoms with van der Waals surface area (Å²) in [6.07, 6.45) is 1.54. The molecule has 0 aliphatic rings. The van der Waals surface area contributed by atoms with Gasteiger partial charge in [0.25, 0.3) is 0 Å². The Morgan fingerprint density at radius 2 is 1.94 bits per heavy atom. The lowest BCUT2D eigenvalue weighted by Crippen LogP contribution is -1.87. The molecule has 0 spiro atoms. The molecule has 0 unspecified atom stereocenters. The molecule has 82 valence electrons. The monoisotopic (exact) mass is 278 g/mol. The SMILES string of the molecule is C=Cc1nc(-c2cc(C)c(Br)c(C)c2)no1. The highest BCUT2D eigenvalue weighted by atomic mass is 79.9. The van der Waals surface area contributed by atoms with Crippen molar-refractivity contribution < 1.29 is 4.52 Å². The smallest absolute Gasteiger partial charge is 0.250 e. The Hall–Kier alpha value is -1.42. The molecule has 0 atom stereocenters. The third kappa shape index (κ3) is 1.93. The van der Waals surface area contributed by atoms with Crippen LogP contribution in [0, 0.1) is 13.8 Å². The molecule has 0 saturated carbocycles. The number of aromatic nitrogens is 2. The number of hydrogen-bond acceptors (Lipinski definition) is 3. The van der Waals surface area contributed by atoms with E-state index in [4.69, 9.17) is 4.52 Å². The van der Waals surface area contributed by atoms with E-state index < -0.39 is 0 Å². The Morgan fingerprint density at radius 3 is 2.44 bits per heavy atom. The van der Waals surface area contributed by atoms with E-state index in [9.17, 15) is 0 Å². The maximum atomic E-state index is 4.99. The zero-order chi connectivity index (χ0) is 11.7. The van der Waals surface area contributed by atoms with E-state index in [2.05, 4.69) is 32.6 Å². The maximum absolute atomic E-state index is 4.99. The molecule has 0 bridgehead atoms. The van der Waals surface area contributed by atoms with Crippen LogP contribution in [0.2, 0.25) is 0 Å². The van der Waals surface area contributed by atoms with E-state index in [1.165, 1.54) is 6.08 Å². The van der Waals surface area contributed by atoms with Crippen LogP contribution in [-0.2, 0) is 0 Å². The number of aryl methyl sites for hydroxylation is 2. The van der Waals surface area contributed by atoms with Crippen LogP contribution in [0.5, 0.6) is 0 Å². The van der Waals surface area contributed by atoms with Crippen LogP contribution in [0.3, 0.4) is 0 Å². The van der Waals surface area contributed by atoms with Crippen LogP contribution in [0.15, 0.2) is 27.7 Å². The first kappa shape index (κ1) is 11.1. The minimum Gasteiger partial charge on any atom is -0.334 e. The number of rotatable bonds is 2. The number of benzene rings is 1. The molecule has 3 nitrogen and oxygen atoms in total. The molecule has 4 heteroatoms. The van der Waals surface area contributed by atoms with Crippen molar-refractivity contribution in [2.75, 3.05) is 0 Å². The average molecular weight is 279 g/mol. The minimum atomic E-state index is 0.438. The molecular formula is C12H11BrN2O. The molecule has 0 aliphatic carbocycles. The summed E-state index contributed by atoms with van der Waals surface area (Å²) < 4.78 is 6.10. The molecular weight excluding hydrogens is 268 g/mol. The third-order valence-electron chi connectivity index (χ3n) is 2.31. The van der Waals surface area contributed by atoms with Gasteiger partial charge in [-0.25, -0.2) is 0 Å². The summed E-state index contributed by atoms with van der Waals surface area (Å²) in [4.78, 5) is 4.20. The highest BCUT2D eigenvalue weighted by Crippen LogP contribution is 2.27. The fourth-order valence-corrected chi connectivity index (χ4v) is 1.74. The van der Waals surface area contributed by atoms with E-state index in [1.54, 1.807) is 0 Å². The first-order valence-electron chi connectivity index (χ1n) is 4.85. The Morgan fingerprint density at radius 1 is 1.31 bits per heavy atom. The Balaban J connectivity index is 2.52. The lowest BCUT2D eigenvalue weighted by molar-refractivity contribution is 0.411. The van der Waals surface area contributed by atoms with Gasteiger partial charge in [-0.1, -0.05) is 27.7 Å². The van der Waals surface area contributed by atoms with E-state index in [-0.39, 0.29) is 0 Å². The largest absolute Gasteiger partial charge is 0.334 e. The number of nitrogens with zero attached hydrogens (tertiary/aromatic N) is 2. The van der Waals surface area contributed by atoms with E-state index in [0.717, 1.165) is 21.2 Å². The first-order chi connectivity index (χ1) is 7.61. The minimum absolute atomic E-state index is 0.438. The first-order valence-corrected chi connectivity index (χ1v) is 5.64. The van der Waals surface area contributed by atoms with Gasteiger partial charge in [-0.05, 0) is 43.2 Å². The second-order valence-electron chi connectivity index (χ2n) is 3.58. The van der Waals surface area contributed by atoms with Gasteiger partial charge in [-0.15, -0.1) is 0 Å². The molecule has 1 aromatic heterocycles. The van der Waals surface area contributed by atoms with Crippen molar-refractivity contribution in [3.63, 3.8) is 0 Å². The molecule has 0 fully saturated rings. The van der Waals surface area contributed by atoms with Crippen molar-refractivity contribution in [1.82, 2.24) is 10.1 Å². The molecule has 0 saturated heterocycles. The number of hydrogen-bond donors (Lipinski definition) is 0. The summed E-state index contributed by atoms with van der Waals surface area (Å²) in [7, 11) is 0. The van der Waals surface area contributed by atoms with Gasteiger partial charge in [0.05, 0.1) is 0 Å². The third-order valence-corrected chi connectivity index (χ3v) is 3.56. The molecule has 0 radical (unpaired) electrons. The summed E-state index contributed by atoms with van der Waals surface area (Å²) in [5.74, 6) is 1.03. The topological polar surface area (TPSA) is 38.9 Å². The molecule has 0 aliphatic heterocycles. The summed E-state index contributed by atoms with van der Waals surface area (Å²) in [6, 6.07) is 4.05. The Bertz CT molecular complexity index is 523. The Kier molecular flexibility index (Phi) is 2.92. The fourth-order valence-electron chi connectivity index (χ4n) is 1.51. The van der Waals surface area contributed by atoms with Gasteiger partial charge in [0.15, 0.2) is 0 Å². The zero-order valence-corrected chi connectivity index (χ0v) is 10.7. The van der Waals surface area contributed by atoms with Crippen molar-refractivity contribution in [1.29, 1.82) is 0 Å². The van der Waals surface area contributed by atoms with Gasteiger partial charge >= 0.3 is 0 Å². The van der Waals surface area contributed by atoms with Gasteiger partial charge in [-0.3, -0.25) is 0 Å². The molecule has 2 aromatic rings. The Labute approximate surface area is 102 Å². The number of halogens is 1. The quantitative estimate of drug-likeness (QED) is 0.840. The summed E-state index contributed by atoms with van der Waals surface area (Å²) in [5.41, 5.74) is 3.26. The van der Waals surface area contributed by atoms with Gasteiger partial charge < -0.3 is 4.52 Å². The van der Waals surface area contributed by atoms with Gasteiger partial charge in [-0.2, -0.15) is 4.98 Å². The lowest BCUT2D eigenvalue weighted by atomic mass is 10.1. The highest BCUT2D eigenvalue weighted by molar-refractivity contribution is 9.10. The van der Waals surface area contributed by atoms with Crippen LogP contribution in [-0.4, -0.2) is 10.1 Å². The van der Waals surface area contributed by atoms with E-state index in [1.807, 2.05) is 26.0 Å². The van der Waals surface area contributed by atoms with Crippen LogP contribution in [0.1, 0.15) is 17.0 Å². The molecule has 16 heavy (non-hydrogen) atoms. The second kappa shape index (κ2) is 4.22.